The van der Waals surface area contributed by atoms with Gasteiger partial charge < -0.3 is 9.30 Å². The second kappa shape index (κ2) is 10.3. The summed E-state index contributed by atoms with van der Waals surface area (Å²) in [6.07, 6.45) is 5.51. The second-order valence-corrected chi connectivity index (χ2v) is 10.6. The van der Waals surface area contributed by atoms with Gasteiger partial charge in [0.05, 0.1) is 33.8 Å². The molecule has 0 saturated heterocycles. The summed E-state index contributed by atoms with van der Waals surface area (Å²) in [4.78, 5) is 29.6. The number of ether oxygens (including phenoxy) is 1. The summed E-state index contributed by atoms with van der Waals surface area (Å²) in [6.45, 7) is 5.74. The number of amides is 1. The third kappa shape index (κ3) is 5.12. The van der Waals surface area contributed by atoms with E-state index >= 15 is 0 Å². The minimum Gasteiger partial charge on any atom is -0.462 e. The zero-order chi connectivity index (χ0) is 25.0. The lowest BCUT2D eigenvalue weighted by molar-refractivity contribution is 0.0526. The number of benzene rings is 2. The van der Waals surface area contributed by atoms with E-state index in [-0.39, 0.29) is 29.7 Å². The van der Waals surface area contributed by atoms with Gasteiger partial charge in [-0.3, -0.25) is 4.79 Å². The first-order valence-corrected chi connectivity index (χ1v) is 12.8. The van der Waals surface area contributed by atoms with Crippen molar-refractivity contribution in [1.82, 2.24) is 8.87 Å². The summed E-state index contributed by atoms with van der Waals surface area (Å²) in [5, 5.41) is 0. The number of hydrogen-bond donors (Lipinski definition) is 0. The normalized spacial score (nSPS) is 12.3. The summed E-state index contributed by atoms with van der Waals surface area (Å²) in [7, 11) is -2.15. The number of nitrogens with zero attached hydrogens (tertiary/aromatic N) is 3. The molecule has 0 aliphatic rings. The van der Waals surface area contributed by atoms with E-state index in [0.29, 0.717) is 10.4 Å². The van der Waals surface area contributed by atoms with Crippen LogP contribution in [0.25, 0.3) is 10.2 Å². The van der Waals surface area contributed by atoms with Crippen LogP contribution in [-0.4, -0.2) is 48.9 Å². The van der Waals surface area contributed by atoms with Gasteiger partial charge in [-0.25, -0.2) is 13.2 Å². The molecule has 0 aliphatic carbocycles. The van der Waals surface area contributed by atoms with Gasteiger partial charge in [0.15, 0.2) is 4.80 Å². The van der Waals surface area contributed by atoms with E-state index in [9.17, 15) is 18.0 Å². The molecule has 0 radical (unpaired) electrons. The minimum absolute atomic E-state index is 0.0935. The predicted molar refractivity (Wildman–Crippen MR) is 131 cm³/mol. The molecule has 2 aromatic carbocycles. The van der Waals surface area contributed by atoms with Crippen LogP contribution in [0.4, 0.5) is 0 Å². The summed E-state index contributed by atoms with van der Waals surface area (Å²) in [6, 6.07) is 10.5. The Morgan fingerprint density at radius 2 is 1.82 bits per heavy atom. The van der Waals surface area contributed by atoms with Crippen molar-refractivity contribution in [3.05, 3.63) is 58.4 Å². The van der Waals surface area contributed by atoms with Gasteiger partial charge in [0.2, 0.25) is 10.0 Å². The molecule has 0 atom stereocenters. The third-order valence-electron chi connectivity index (χ3n) is 5.15. The van der Waals surface area contributed by atoms with E-state index in [1.807, 2.05) is 0 Å². The zero-order valence-electron chi connectivity index (χ0n) is 19.3. The van der Waals surface area contributed by atoms with Crippen molar-refractivity contribution in [3.63, 3.8) is 0 Å². The highest BCUT2D eigenvalue weighted by Crippen LogP contribution is 2.21. The lowest BCUT2D eigenvalue weighted by atomic mass is 10.2. The Balaban J connectivity index is 2.00. The molecule has 178 valence electrons. The van der Waals surface area contributed by atoms with Crippen LogP contribution in [0.15, 0.2) is 52.4 Å². The molecule has 34 heavy (non-hydrogen) atoms. The molecule has 0 aliphatic heterocycles. The van der Waals surface area contributed by atoms with Crippen molar-refractivity contribution in [1.29, 1.82) is 0 Å². The zero-order valence-corrected chi connectivity index (χ0v) is 20.9. The number of fused-ring (bicyclic) bond motifs is 1. The molecule has 0 spiro atoms. The van der Waals surface area contributed by atoms with Gasteiger partial charge in [-0.2, -0.15) is 9.30 Å². The third-order valence-corrected chi connectivity index (χ3v) is 8.23. The molecule has 0 unspecified atom stereocenters. The first kappa shape index (κ1) is 25.4. The number of aromatic nitrogens is 1. The van der Waals surface area contributed by atoms with Gasteiger partial charge >= 0.3 is 5.97 Å². The van der Waals surface area contributed by atoms with Crippen molar-refractivity contribution >= 4 is 43.5 Å². The Kier molecular flexibility index (Phi) is 7.71. The Bertz CT molecular complexity index is 1440. The molecule has 1 amide bonds. The Morgan fingerprint density at radius 1 is 1.18 bits per heavy atom. The van der Waals surface area contributed by atoms with Gasteiger partial charge in [0.25, 0.3) is 5.91 Å². The lowest BCUT2D eigenvalue weighted by Gasteiger charge is -2.20. The Labute approximate surface area is 202 Å². The molecule has 0 saturated carbocycles. The highest BCUT2D eigenvalue weighted by molar-refractivity contribution is 7.89. The van der Waals surface area contributed by atoms with Crippen molar-refractivity contribution in [2.24, 2.45) is 4.99 Å². The molecule has 0 N–H and O–H groups in total. The SMILES string of the molecule is C#CCn1c(=NC(=O)c2ccc(S(=O)(=O)N(C)C(C)C)cc2)sc2cc(C(=O)OCC)ccc21. The summed E-state index contributed by atoms with van der Waals surface area (Å²) < 4.78 is 34.0. The lowest BCUT2D eigenvalue weighted by Crippen LogP contribution is -2.33. The van der Waals surface area contributed by atoms with Crippen LogP contribution in [0.2, 0.25) is 0 Å². The minimum atomic E-state index is -3.66. The predicted octanol–water partition coefficient (Wildman–Crippen LogP) is 3.28. The molecular weight excluding hydrogens is 474 g/mol. The first-order chi connectivity index (χ1) is 16.1. The topological polar surface area (TPSA) is 98.0 Å². The van der Waals surface area contributed by atoms with Gasteiger partial charge in [-0.1, -0.05) is 17.3 Å². The maximum absolute atomic E-state index is 12.9. The smallest absolute Gasteiger partial charge is 0.338 e. The molecule has 1 heterocycles. The largest absolute Gasteiger partial charge is 0.462 e. The number of carbonyl (C=O) groups is 2. The summed E-state index contributed by atoms with van der Waals surface area (Å²) >= 11 is 1.22. The van der Waals surface area contributed by atoms with E-state index in [2.05, 4.69) is 10.9 Å². The van der Waals surface area contributed by atoms with E-state index in [1.165, 1.54) is 47.0 Å². The van der Waals surface area contributed by atoms with Crippen LogP contribution < -0.4 is 4.80 Å². The molecule has 1 aromatic heterocycles. The highest BCUT2D eigenvalue weighted by Gasteiger charge is 2.23. The molecular formula is C24H25N3O5S2. The number of esters is 1. The molecule has 3 aromatic rings. The Morgan fingerprint density at radius 3 is 2.41 bits per heavy atom. The van der Waals surface area contributed by atoms with Crippen molar-refractivity contribution in [2.45, 2.75) is 38.3 Å². The fourth-order valence-corrected chi connectivity index (χ4v) is 5.54. The van der Waals surface area contributed by atoms with Crippen molar-refractivity contribution in [3.8, 4) is 12.3 Å². The number of hydrogen-bond acceptors (Lipinski definition) is 6. The average Bonchev–Trinajstić information content (AvgIpc) is 3.15. The van der Waals surface area contributed by atoms with Crippen LogP contribution in [-0.2, 0) is 21.3 Å². The summed E-state index contributed by atoms with van der Waals surface area (Å²) in [5.41, 5.74) is 1.37. The highest BCUT2D eigenvalue weighted by atomic mass is 32.2. The van der Waals surface area contributed by atoms with Gasteiger partial charge in [0, 0.05) is 18.7 Å². The molecule has 0 bridgehead atoms. The number of thiazole rings is 1. The first-order valence-electron chi connectivity index (χ1n) is 10.5. The second-order valence-electron chi connectivity index (χ2n) is 7.63. The molecule has 10 heteroatoms. The van der Waals surface area contributed by atoms with Gasteiger partial charge in [-0.15, -0.1) is 6.42 Å². The number of carbonyl (C=O) groups excluding carboxylic acids is 2. The van der Waals surface area contributed by atoms with Gasteiger partial charge in [-0.05, 0) is 63.2 Å². The molecule has 3 rings (SSSR count). The van der Waals surface area contributed by atoms with Crippen LogP contribution in [0.3, 0.4) is 0 Å². The fourth-order valence-electron chi connectivity index (χ4n) is 3.11. The van der Waals surface area contributed by atoms with Crippen molar-refractivity contribution < 1.29 is 22.7 Å². The van der Waals surface area contributed by atoms with Crippen LogP contribution in [0.5, 0.6) is 0 Å². The monoisotopic (exact) mass is 499 g/mol. The van der Waals surface area contributed by atoms with E-state index < -0.39 is 21.9 Å². The van der Waals surface area contributed by atoms with E-state index in [0.717, 1.165) is 10.2 Å². The Hall–Kier alpha value is -3.26. The molecule has 8 nitrogen and oxygen atoms in total. The number of sulfonamides is 1. The quantitative estimate of drug-likeness (QED) is 0.367. The number of rotatable bonds is 7. The summed E-state index contributed by atoms with van der Waals surface area (Å²) in [5.74, 6) is 1.58. The van der Waals surface area contributed by atoms with Crippen LogP contribution >= 0.6 is 11.3 Å². The number of terminal acetylenes is 1. The fraction of sp³-hybridized carbons (Fsp3) is 0.292. The van der Waals surface area contributed by atoms with E-state index in [4.69, 9.17) is 11.2 Å². The maximum atomic E-state index is 12.9. The van der Waals surface area contributed by atoms with E-state index in [1.54, 1.807) is 43.5 Å². The van der Waals surface area contributed by atoms with Crippen LogP contribution in [0, 0.1) is 12.3 Å². The standard InChI is InChI=1S/C24H25N3O5S2/c1-6-14-27-20-13-10-18(23(29)32-7-2)15-21(20)33-24(27)25-22(28)17-8-11-19(12-9-17)34(30,31)26(5)16(3)4/h1,8-13,15-16H,7,14H2,2-5H3. The van der Waals surface area contributed by atoms with Crippen LogP contribution in [0.1, 0.15) is 41.5 Å². The van der Waals surface area contributed by atoms with Gasteiger partial charge in [0.1, 0.15) is 0 Å². The average molecular weight is 500 g/mol. The molecule has 0 fully saturated rings. The maximum Gasteiger partial charge on any atom is 0.338 e. The van der Waals surface area contributed by atoms with Crippen molar-refractivity contribution in [2.75, 3.05) is 13.7 Å².